The van der Waals surface area contributed by atoms with Crippen molar-refractivity contribution in [1.29, 1.82) is 0 Å². The molecule has 0 aromatic heterocycles. The van der Waals surface area contributed by atoms with Gasteiger partial charge in [0.15, 0.2) is 8.32 Å². The molecule has 3 heteroatoms. The van der Waals surface area contributed by atoms with Gasteiger partial charge in [0, 0.05) is 18.9 Å². The van der Waals surface area contributed by atoms with Gasteiger partial charge in [-0.05, 0) is 50.7 Å². The van der Waals surface area contributed by atoms with E-state index >= 15 is 0 Å². The Balaban J connectivity index is 4.07. The van der Waals surface area contributed by atoms with Crippen molar-refractivity contribution in [2.24, 2.45) is 10.9 Å². The van der Waals surface area contributed by atoms with Gasteiger partial charge in [-0.1, -0.05) is 27.7 Å². The topological polar surface area (TPSA) is 21.6 Å². The fourth-order valence-corrected chi connectivity index (χ4v) is 5.69. The average molecular weight is 272 g/mol. The van der Waals surface area contributed by atoms with Gasteiger partial charge >= 0.3 is 0 Å². The molecular formula is C15H33NOSi. The fourth-order valence-electron chi connectivity index (χ4n) is 2.51. The molecule has 0 aliphatic carbocycles. The summed E-state index contributed by atoms with van der Waals surface area (Å²) < 4.78 is 6.09. The predicted molar refractivity (Wildman–Crippen MR) is 85.2 cm³/mol. The lowest BCUT2D eigenvalue weighted by atomic mass is 10.1. The van der Waals surface area contributed by atoms with Gasteiger partial charge in [0.25, 0.3) is 0 Å². The summed E-state index contributed by atoms with van der Waals surface area (Å²) >= 11 is 0. The molecule has 0 radical (unpaired) electrons. The van der Waals surface area contributed by atoms with Crippen molar-refractivity contribution in [2.45, 2.75) is 72.5 Å². The molecule has 0 saturated heterocycles. The lowest BCUT2D eigenvalue weighted by molar-refractivity contribution is 0.319. The number of hydrogen-bond donors (Lipinski definition) is 0. The first kappa shape index (κ1) is 17.8. The predicted octanol–water partition coefficient (Wildman–Crippen LogP) is 4.91. The maximum atomic E-state index is 6.09. The second-order valence-corrected chi connectivity index (χ2v) is 10.2. The highest BCUT2D eigenvalue weighted by molar-refractivity contribution is 6.73. The first-order chi connectivity index (χ1) is 8.49. The Labute approximate surface area is 115 Å². The summed E-state index contributed by atoms with van der Waals surface area (Å²) in [5, 5.41) is 0. The van der Waals surface area contributed by atoms with Crippen molar-refractivity contribution in [1.82, 2.24) is 0 Å². The van der Waals surface area contributed by atoms with Gasteiger partial charge in [0.1, 0.15) is 0 Å². The quantitative estimate of drug-likeness (QED) is 0.314. The van der Waals surface area contributed by atoms with Crippen LogP contribution in [0.15, 0.2) is 4.99 Å². The van der Waals surface area contributed by atoms with Crippen LogP contribution >= 0.6 is 0 Å². The van der Waals surface area contributed by atoms with Gasteiger partial charge in [0.05, 0.1) is 0 Å². The molecular weight excluding hydrogens is 238 g/mol. The lowest BCUT2D eigenvalue weighted by Gasteiger charge is -2.28. The molecule has 0 atom stereocenters. The second-order valence-electron chi connectivity index (χ2n) is 5.64. The Morgan fingerprint density at radius 3 is 2.22 bits per heavy atom. The third kappa shape index (κ3) is 7.32. The third-order valence-electron chi connectivity index (χ3n) is 3.62. The standard InChI is InChI=1S/C15H33NOSi/c1-7-17-18(8-2,9-3)12-10-11-16-15(6)13-14(4)5/h14H,7-13H2,1-6H3. The van der Waals surface area contributed by atoms with Crippen LogP contribution in [0.1, 0.15) is 54.4 Å². The summed E-state index contributed by atoms with van der Waals surface area (Å²) in [6.45, 7) is 15.2. The molecule has 0 saturated carbocycles. The van der Waals surface area contributed by atoms with Crippen LogP contribution in [0.2, 0.25) is 18.1 Å². The van der Waals surface area contributed by atoms with E-state index in [0.29, 0.717) is 0 Å². The zero-order valence-electron chi connectivity index (χ0n) is 13.4. The molecule has 0 fully saturated rings. The van der Waals surface area contributed by atoms with Crippen molar-refractivity contribution in [3.63, 3.8) is 0 Å². The molecule has 0 rings (SSSR count). The van der Waals surface area contributed by atoms with Crippen LogP contribution in [-0.4, -0.2) is 27.2 Å². The number of aliphatic imine (C=N–C) groups is 1. The first-order valence-electron chi connectivity index (χ1n) is 7.63. The van der Waals surface area contributed by atoms with E-state index in [4.69, 9.17) is 4.43 Å². The molecule has 0 aliphatic rings. The van der Waals surface area contributed by atoms with Crippen LogP contribution in [0.5, 0.6) is 0 Å². The molecule has 18 heavy (non-hydrogen) atoms. The summed E-state index contributed by atoms with van der Waals surface area (Å²) in [4.78, 5) is 4.68. The van der Waals surface area contributed by atoms with Crippen LogP contribution in [0.25, 0.3) is 0 Å². The van der Waals surface area contributed by atoms with Gasteiger partial charge < -0.3 is 4.43 Å². The molecule has 0 aliphatic heterocycles. The van der Waals surface area contributed by atoms with E-state index in [1.54, 1.807) is 0 Å². The van der Waals surface area contributed by atoms with E-state index in [1.807, 2.05) is 0 Å². The van der Waals surface area contributed by atoms with Crippen LogP contribution in [-0.2, 0) is 4.43 Å². The molecule has 0 heterocycles. The molecule has 0 unspecified atom stereocenters. The highest BCUT2D eigenvalue weighted by atomic mass is 28.4. The molecule has 108 valence electrons. The van der Waals surface area contributed by atoms with Gasteiger partial charge in [-0.3, -0.25) is 4.99 Å². The molecule has 0 spiro atoms. The van der Waals surface area contributed by atoms with Crippen LogP contribution in [0.3, 0.4) is 0 Å². The maximum absolute atomic E-state index is 6.09. The van der Waals surface area contributed by atoms with E-state index in [-0.39, 0.29) is 0 Å². The summed E-state index contributed by atoms with van der Waals surface area (Å²) in [7, 11) is -1.42. The Hall–Kier alpha value is -0.153. The second kappa shape index (κ2) is 9.73. The van der Waals surface area contributed by atoms with Crippen molar-refractivity contribution in [3.05, 3.63) is 0 Å². The van der Waals surface area contributed by atoms with Gasteiger partial charge in [-0.25, -0.2) is 0 Å². The number of rotatable bonds is 10. The maximum Gasteiger partial charge on any atom is 0.192 e. The highest BCUT2D eigenvalue weighted by Crippen LogP contribution is 2.23. The molecule has 2 nitrogen and oxygen atoms in total. The van der Waals surface area contributed by atoms with Gasteiger partial charge in [-0.2, -0.15) is 0 Å². The minimum Gasteiger partial charge on any atom is -0.417 e. The van der Waals surface area contributed by atoms with Crippen LogP contribution in [0, 0.1) is 5.92 Å². The van der Waals surface area contributed by atoms with Crippen molar-refractivity contribution >= 4 is 14.0 Å². The van der Waals surface area contributed by atoms with E-state index in [2.05, 4.69) is 46.5 Å². The fraction of sp³-hybridized carbons (Fsp3) is 0.933. The smallest absolute Gasteiger partial charge is 0.192 e. The van der Waals surface area contributed by atoms with Gasteiger partial charge in [-0.15, -0.1) is 0 Å². The lowest BCUT2D eigenvalue weighted by Crippen LogP contribution is -2.36. The Kier molecular flexibility index (Phi) is 9.65. The Bertz CT molecular complexity index is 235. The summed E-state index contributed by atoms with van der Waals surface area (Å²) in [6, 6.07) is 3.75. The van der Waals surface area contributed by atoms with E-state index in [1.165, 1.54) is 30.3 Å². The van der Waals surface area contributed by atoms with E-state index in [9.17, 15) is 0 Å². The zero-order chi connectivity index (χ0) is 14.0. The molecule has 0 aromatic rings. The van der Waals surface area contributed by atoms with Crippen molar-refractivity contribution in [3.8, 4) is 0 Å². The van der Waals surface area contributed by atoms with E-state index in [0.717, 1.165) is 25.5 Å². The minimum absolute atomic E-state index is 0.719. The Morgan fingerprint density at radius 1 is 1.17 bits per heavy atom. The minimum atomic E-state index is -1.42. The van der Waals surface area contributed by atoms with Gasteiger partial charge in [0.2, 0.25) is 0 Å². The summed E-state index contributed by atoms with van der Waals surface area (Å²) in [5.74, 6) is 0.719. The molecule has 0 aromatic carbocycles. The highest BCUT2D eigenvalue weighted by Gasteiger charge is 2.29. The Morgan fingerprint density at radius 2 is 1.78 bits per heavy atom. The molecule has 0 N–H and O–H groups in total. The summed E-state index contributed by atoms with van der Waals surface area (Å²) in [6.07, 6.45) is 2.33. The largest absolute Gasteiger partial charge is 0.417 e. The number of hydrogen-bond acceptors (Lipinski definition) is 2. The van der Waals surface area contributed by atoms with Crippen molar-refractivity contribution in [2.75, 3.05) is 13.2 Å². The normalized spacial score (nSPS) is 13.4. The molecule has 0 bridgehead atoms. The van der Waals surface area contributed by atoms with Crippen LogP contribution in [0.4, 0.5) is 0 Å². The SMILES string of the molecule is CCO[Si](CC)(CC)CCCN=C(C)CC(C)C. The third-order valence-corrected chi connectivity index (χ3v) is 8.36. The van der Waals surface area contributed by atoms with Crippen LogP contribution < -0.4 is 0 Å². The number of nitrogens with zero attached hydrogens (tertiary/aromatic N) is 1. The van der Waals surface area contributed by atoms with E-state index < -0.39 is 8.32 Å². The molecule has 0 amide bonds. The first-order valence-corrected chi connectivity index (χ1v) is 10.2. The average Bonchev–Trinajstić information content (AvgIpc) is 2.32. The summed E-state index contributed by atoms with van der Waals surface area (Å²) in [5.41, 5.74) is 1.31. The van der Waals surface area contributed by atoms with Crippen molar-refractivity contribution < 1.29 is 4.43 Å². The zero-order valence-corrected chi connectivity index (χ0v) is 14.4. The monoisotopic (exact) mass is 271 g/mol.